The van der Waals surface area contributed by atoms with E-state index in [-0.39, 0.29) is 33.7 Å². The lowest BCUT2D eigenvalue weighted by Gasteiger charge is -2.27. The van der Waals surface area contributed by atoms with E-state index >= 15 is 4.39 Å². The third-order valence-corrected chi connectivity index (χ3v) is 9.18. The molecule has 1 aromatic heterocycles. The molecule has 3 rings (SSSR count). The summed E-state index contributed by atoms with van der Waals surface area (Å²) < 4.78 is 58.6. The molecule has 2 aromatic carbocycles. The van der Waals surface area contributed by atoms with Crippen LogP contribution in [0, 0.1) is 5.82 Å². The quantitative estimate of drug-likeness (QED) is 0.267. The van der Waals surface area contributed by atoms with Crippen molar-refractivity contribution in [3.05, 3.63) is 86.5 Å². The van der Waals surface area contributed by atoms with Gasteiger partial charge in [-0.1, -0.05) is 11.6 Å². The maximum Gasteiger partial charge on any atom is 0.250 e. The monoisotopic (exact) mass is 595 g/mol. The van der Waals surface area contributed by atoms with Gasteiger partial charge in [-0.2, -0.15) is 0 Å². The number of hydrogen-bond donors (Lipinski definition) is 2. The third-order valence-electron chi connectivity index (χ3n) is 5.96. The van der Waals surface area contributed by atoms with Crippen molar-refractivity contribution in [3.8, 4) is 11.1 Å². The van der Waals surface area contributed by atoms with E-state index in [4.69, 9.17) is 11.6 Å². The van der Waals surface area contributed by atoms with E-state index in [1.807, 2.05) is 0 Å². The van der Waals surface area contributed by atoms with Crippen molar-refractivity contribution in [1.82, 2.24) is 9.29 Å². The Balaban J connectivity index is 2.32. The van der Waals surface area contributed by atoms with E-state index in [0.29, 0.717) is 16.1 Å². The minimum Gasteiger partial charge on any atom is -0.598 e. The first-order valence-corrected chi connectivity index (χ1v) is 15.3. The first-order chi connectivity index (χ1) is 18.0. The van der Waals surface area contributed by atoms with Crippen molar-refractivity contribution < 1.29 is 22.2 Å². The molecule has 0 aliphatic rings. The van der Waals surface area contributed by atoms with Gasteiger partial charge < -0.3 is 9.12 Å². The highest BCUT2D eigenvalue weighted by atomic mass is 35.5. The van der Waals surface area contributed by atoms with Crippen molar-refractivity contribution in [1.29, 1.82) is 0 Å². The fourth-order valence-electron chi connectivity index (χ4n) is 3.69. The van der Waals surface area contributed by atoms with Gasteiger partial charge >= 0.3 is 0 Å². The van der Waals surface area contributed by atoms with E-state index in [9.17, 15) is 22.6 Å². The zero-order chi connectivity index (χ0) is 29.3. The molecule has 1 unspecified atom stereocenters. The number of rotatable bonds is 9. The third kappa shape index (κ3) is 7.29. The van der Waals surface area contributed by atoms with Gasteiger partial charge in [0.05, 0.1) is 17.5 Å². The van der Waals surface area contributed by atoms with Gasteiger partial charge in [-0.15, -0.1) is 4.72 Å². The molecule has 210 valence electrons. The van der Waals surface area contributed by atoms with Crippen LogP contribution in [-0.2, 0) is 28.4 Å². The van der Waals surface area contributed by atoms with Crippen molar-refractivity contribution in [2.24, 2.45) is 7.05 Å². The minimum absolute atomic E-state index is 0.0571. The molecule has 2 atom stereocenters. The van der Waals surface area contributed by atoms with Gasteiger partial charge in [0.25, 0.3) is 5.56 Å². The summed E-state index contributed by atoms with van der Waals surface area (Å²) in [5, 5.41) is 0.411. The summed E-state index contributed by atoms with van der Waals surface area (Å²) in [6, 6.07) is 8.98. The Kier molecular flexibility index (Phi) is 9.34. The average Bonchev–Trinajstić information content (AvgIpc) is 2.85. The smallest absolute Gasteiger partial charge is 0.250 e. The maximum absolute atomic E-state index is 15.3. The number of anilines is 1. The van der Waals surface area contributed by atoms with Gasteiger partial charge in [0, 0.05) is 52.4 Å². The second kappa shape index (κ2) is 11.8. The summed E-state index contributed by atoms with van der Waals surface area (Å²) in [5.74, 6) is -1.78. The summed E-state index contributed by atoms with van der Waals surface area (Å²) >= 11 is 4.47. The topological polar surface area (TPSA) is 120 Å². The summed E-state index contributed by atoms with van der Waals surface area (Å²) in [5.41, 5.74) is 0.410. The molecule has 39 heavy (non-hydrogen) atoms. The first-order valence-electron chi connectivity index (χ1n) is 12.1. The van der Waals surface area contributed by atoms with Crippen LogP contribution in [0.5, 0.6) is 0 Å². The molecule has 1 heterocycles. The molecule has 0 aliphatic heterocycles. The van der Waals surface area contributed by atoms with Crippen LogP contribution in [-0.4, -0.2) is 33.8 Å². The van der Waals surface area contributed by atoms with Crippen LogP contribution in [0.3, 0.4) is 0 Å². The zero-order valence-electron chi connectivity index (χ0n) is 22.5. The Morgan fingerprint density at radius 3 is 2.33 bits per heavy atom. The lowest BCUT2D eigenvalue weighted by molar-refractivity contribution is 0.103. The van der Waals surface area contributed by atoms with E-state index in [2.05, 4.69) is 9.44 Å². The largest absolute Gasteiger partial charge is 0.598 e. The van der Waals surface area contributed by atoms with Crippen molar-refractivity contribution in [2.45, 2.75) is 45.4 Å². The number of carbonyl (C=O) groups is 1. The maximum atomic E-state index is 15.3. The Hall–Kier alpha value is -2.70. The van der Waals surface area contributed by atoms with Crippen LogP contribution in [0.15, 0.2) is 53.5 Å². The molecule has 0 fully saturated rings. The highest BCUT2D eigenvalue weighted by molar-refractivity contribution is 7.92. The number of nitrogens with zero attached hydrogens (tertiary/aromatic N) is 1. The highest BCUT2D eigenvalue weighted by Gasteiger charge is 2.30. The molecule has 0 saturated heterocycles. The molecule has 0 bridgehead atoms. The fourth-order valence-corrected chi connectivity index (χ4v) is 5.25. The van der Waals surface area contributed by atoms with Gasteiger partial charge in [0.2, 0.25) is 10.0 Å². The van der Waals surface area contributed by atoms with Crippen LogP contribution < -0.4 is 15.0 Å². The number of aromatic nitrogens is 1. The molecule has 0 aliphatic carbocycles. The molecule has 3 aromatic rings. The van der Waals surface area contributed by atoms with E-state index in [0.717, 1.165) is 6.07 Å². The Morgan fingerprint density at radius 2 is 1.77 bits per heavy atom. The number of pyridine rings is 1. The van der Waals surface area contributed by atoms with Crippen molar-refractivity contribution >= 4 is 44.5 Å². The Morgan fingerprint density at radius 1 is 1.15 bits per heavy atom. The predicted molar refractivity (Wildman–Crippen MR) is 154 cm³/mol. The first kappa shape index (κ1) is 30.8. The van der Waals surface area contributed by atoms with E-state index in [1.54, 1.807) is 27.7 Å². The zero-order valence-corrected chi connectivity index (χ0v) is 24.9. The molecule has 2 N–H and O–H groups in total. The molecular weight excluding hydrogens is 565 g/mol. The van der Waals surface area contributed by atoms with E-state index in [1.165, 1.54) is 61.1 Å². The van der Waals surface area contributed by atoms with Crippen molar-refractivity contribution in [2.75, 3.05) is 10.5 Å². The Labute approximate surface area is 236 Å². The molecule has 0 saturated carbocycles. The van der Waals surface area contributed by atoms with Gasteiger partial charge in [-0.3, -0.25) is 14.3 Å². The van der Waals surface area contributed by atoms with Crippen LogP contribution in [0.2, 0.25) is 5.02 Å². The number of halogens is 2. The second-order valence-corrected chi connectivity index (χ2v) is 14.5. The lowest BCUT2D eigenvalue weighted by atomic mass is 9.90. The summed E-state index contributed by atoms with van der Waals surface area (Å²) in [6.07, 6.45) is 1.49. The van der Waals surface area contributed by atoms with Gasteiger partial charge in [-0.05, 0) is 82.1 Å². The number of sulfonamides is 1. The number of hydrogen-bond acceptors (Lipinski definition) is 6. The average molecular weight is 596 g/mol. The van der Waals surface area contributed by atoms with Crippen LogP contribution in [0.1, 0.15) is 62.1 Å². The van der Waals surface area contributed by atoms with Gasteiger partial charge in [0.1, 0.15) is 10.6 Å². The van der Waals surface area contributed by atoms with Crippen molar-refractivity contribution in [3.63, 3.8) is 0 Å². The summed E-state index contributed by atoms with van der Waals surface area (Å²) in [4.78, 5) is 26.3. The van der Waals surface area contributed by atoms with Gasteiger partial charge in [0.15, 0.2) is 5.78 Å². The standard InChI is InChI=1S/C27H31ClFN3O5S2/c1-7-39(36,37)31-24-13-20(21(12-23(24)29)26(34)17-8-10-18(28)11-9-17)22-15-32(6)25(33)14-19(22)16(2)30-38(35)27(3,4)5/h8-16,30-31H,7H2,1-6H3/t16-,38?/m1/s1. The number of aryl methyl sites for hydroxylation is 1. The normalized spacial score (nSPS) is 13.7. The number of nitrogens with one attached hydrogen (secondary N) is 2. The molecule has 12 heteroatoms. The summed E-state index contributed by atoms with van der Waals surface area (Å²) in [7, 11) is -2.34. The predicted octanol–water partition coefficient (Wildman–Crippen LogP) is 4.95. The van der Waals surface area contributed by atoms with Gasteiger partial charge in [-0.25, -0.2) is 12.8 Å². The number of ketones is 1. The molecular formula is C27H31ClFN3O5S2. The van der Waals surface area contributed by atoms with Crippen LogP contribution in [0.25, 0.3) is 11.1 Å². The Bertz CT molecular complexity index is 1550. The fraction of sp³-hybridized carbons (Fsp3) is 0.333. The lowest BCUT2D eigenvalue weighted by Crippen LogP contribution is -2.41. The molecule has 8 nitrogen and oxygen atoms in total. The van der Waals surface area contributed by atoms with Crippen LogP contribution in [0.4, 0.5) is 10.1 Å². The molecule has 0 amide bonds. The second-order valence-electron chi connectivity index (χ2n) is 10.0. The minimum atomic E-state index is -3.85. The highest BCUT2D eigenvalue weighted by Crippen LogP contribution is 2.35. The molecule has 0 spiro atoms. The molecule has 0 radical (unpaired) electrons. The number of benzene rings is 2. The SMILES string of the molecule is CCS(=O)(=O)Nc1cc(-c2cn(C)c(=O)cc2[C@@H](C)N[S+]([O-])C(C)(C)C)c(C(=O)c2ccc(Cl)cc2)cc1F. The summed E-state index contributed by atoms with van der Waals surface area (Å²) in [6.45, 7) is 8.51. The number of carbonyl (C=O) groups excluding carboxylic acids is 1. The van der Waals surface area contributed by atoms with Crippen LogP contribution >= 0.6 is 11.6 Å². The van der Waals surface area contributed by atoms with E-state index < -0.39 is 43.8 Å².